The van der Waals surface area contributed by atoms with Crippen LogP contribution in [0.2, 0.25) is 0 Å². The van der Waals surface area contributed by atoms with Crippen LogP contribution in [0.15, 0.2) is 36.4 Å². The van der Waals surface area contributed by atoms with Gasteiger partial charge in [0.1, 0.15) is 10.4 Å². The molecular weight excluding hydrogens is 424 g/mol. The second-order valence-corrected chi connectivity index (χ2v) is 9.71. The Labute approximate surface area is 192 Å². The average molecular weight is 455 g/mol. The molecule has 3 aromatic rings. The van der Waals surface area contributed by atoms with Crippen LogP contribution in [0, 0.1) is 6.92 Å². The number of rotatable bonds is 6. The third-order valence-corrected chi connectivity index (χ3v) is 7.27. The molecule has 4 rings (SSSR count). The molecule has 0 atom stereocenters. The Morgan fingerprint density at radius 1 is 1.22 bits per heavy atom. The Morgan fingerprint density at radius 3 is 2.56 bits per heavy atom. The molecule has 0 saturated carbocycles. The van der Waals surface area contributed by atoms with Crippen LogP contribution in [0.1, 0.15) is 49.0 Å². The number of aromatic nitrogens is 2. The van der Waals surface area contributed by atoms with Crippen LogP contribution < -0.4 is 5.32 Å². The summed E-state index contributed by atoms with van der Waals surface area (Å²) in [7, 11) is 0. The topological polar surface area (TPSA) is 76.5 Å². The first-order valence-corrected chi connectivity index (χ1v) is 11.9. The van der Waals surface area contributed by atoms with Crippen LogP contribution in [0.4, 0.5) is 0 Å². The predicted octanol–water partition coefficient (Wildman–Crippen LogP) is 3.93. The van der Waals surface area contributed by atoms with E-state index in [2.05, 4.69) is 15.3 Å². The molecule has 0 aliphatic carbocycles. The molecule has 0 unspecified atom stereocenters. The molecule has 8 heteroatoms. The molecule has 1 saturated heterocycles. The van der Waals surface area contributed by atoms with E-state index in [-0.39, 0.29) is 17.9 Å². The Kier molecular flexibility index (Phi) is 6.35. The number of carbonyl (C=O) groups excluding carboxylic acids is 2. The van der Waals surface area contributed by atoms with E-state index in [1.165, 1.54) is 11.3 Å². The summed E-state index contributed by atoms with van der Waals surface area (Å²) in [6, 6.07) is 12.0. The molecule has 1 fully saturated rings. The van der Waals surface area contributed by atoms with Crippen LogP contribution in [-0.2, 0) is 9.53 Å². The predicted molar refractivity (Wildman–Crippen MR) is 126 cm³/mol. The standard InChI is InChI=1S/C24H30N4O3S/c1-5-31-23(30)24(3,4)27-13-11-17(12-14-27)25-21(29)20-15-19-16(2)26-28(22(19)32-20)18-9-7-6-8-10-18/h6-10,15,17H,5,11-14H2,1-4H3,(H,25,29). The number of thiophene rings is 1. The molecule has 170 valence electrons. The van der Waals surface area contributed by atoms with E-state index >= 15 is 0 Å². The summed E-state index contributed by atoms with van der Waals surface area (Å²) >= 11 is 1.47. The monoisotopic (exact) mass is 454 g/mol. The number of ether oxygens (including phenoxy) is 1. The Balaban J connectivity index is 1.43. The first kappa shape index (κ1) is 22.5. The first-order chi connectivity index (χ1) is 15.3. The maximum Gasteiger partial charge on any atom is 0.325 e. The van der Waals surface area contributed by atoms with Crippen LogP contribution in [0.3, 0.4) is 0 Å². The number of hydrogen-bond acceptors (Lipinski definition) is 6. The van der Waals surface area contributed by atoms with Gasteiger partial charge in [0.2, 0.25) is 0 Å². The van der Waals surface area contributed by atoms with E-state index < -0.39 is 5.54 Å². The van der Waals surface area contributed by atoms with Gasteiger partial charge in [0.25, 0.3) is 5.91 Å². The van der Waals surface area contributed by atoms with Gasteiger partial charge in [-0.1, -0.05) is 18.2 Å². The molecule has 2 aromatic heterocycles. The number of nitrogens with zero attached hydrogens (tertiary/aromatic N) is 3. The third-order valence-electron chi connectivity index (χ3n) is 6.16. The molecule has 0 spiro atoms. The van der Waals surface area contributed by atoms with E-state index in [0.717, 1.165) is 47.5 Å². The minimum Gasteiger partial charge on any atom is -0.465 e. The van der Waals surface area contributed by atoms with Crippen LogP contribution >= 0.6 is 11.3 Å². The highest BCUT2D eigenvalue weighted by atomic mass is 32.1. The highest BCUT2D eigenvalue weighted by molar-refractivity contribution is 7.20. The fraction of sp³-hybridized carbons (Fsp3) is 0.458. The SMILES string of the molecule is CCOC(=O)C(C)(C)N1CCC(NC(=O)c2cc3c(C)nn(-c4ccccc4)c3s2)CC1. The molecule has 0 radical (unpaired) electrons. The van der Waals surface area contributed by atoms with Crippen molar-refractivity contribution in [2.24, 2.45) is 0 Å². The van der Waals surface area contributed by atoms with Crippen molar-refractivity contribution in [2.75, 3.05) is 19.7 Å². The van der Waals surface area contributed by atoms with Gasteiger partial charge in [-0.3, -0.25) is 14.5 Å². The van der Waals surface area contributed by atoms with Gasteiger partial charge in [-0.05, 0) is 58.7 Å². The van der Waals surface area contributed by atoms with Crippen molar-refractivity contribution in [1.82, 2.24) is 20.0 Å². The van der Waals surface area contributed by atoms with Crippen molar-refractivity contribution in [2.45, 2.75) is 52.1 Å². The van der Waals surface area contributed by atoms with E-state index in [0.29, 0.717) is 11.5 Å². The van der Waals surface area contributed by atoms with Crippen molar-refractivity contribution in [3.05, 3.63) is 47.0 Å². The molecule has 1 aliphatic heterocycles. The second-order valence-electron chi connectivity index (χ2n) is 8.68. The normalized spacial score (nSPS) is 15.8. The second kappa shape index (κ2) is 9.03. The van der Waals surface area contributed by atoms with E-state index in [1.807, 2.05) is 68.8 Å². The number of carbonyl (C=O) groups is 2. The summed E-state index contributed by atoms with van der Waals surface area (Å²) in [5, 5.41) is 8.85. The Hall–Kier alpha value is -2.71. The highest BCUT2D eigenvalue weighted by Crippen LogP contribution is 2.31. The summed E-state index contributed by atoms with van der Waals surface area (Å²) in [5.41, 5.74) is 1.24. The van der Waals surface area contributed by atoms with Crippen molar-refractivity contribution >= 4 is 33.4 Å². The number of esters is 1. The molecule has 7 nitrogen and oxygen atoms in total. The number of hydrogen-bond donors (Lipinski definition) is 1. The molecule has 1 aromatic carbocycles. The lowest BCUT2D eigenvalue weighted by Crippen LogP contribution is -2.56. The van der Waals surface area contributed by atoms with E-state index in [4.69, 9.17) is 4.74 Å². The van der Waals surface area contributed by atoms with Gasteiger partial charge < -0.3 is 10.1 Å². The summed E-state index contributed by atoms with van der Waals surface area (Å²) in [5.74, 6) is -0.246. The zero-order chi connectivity index (χ0) is 22.9. The van der Waals surface area contributed by atoms with E-state index in [1.54, 1.807) is 0 Å². The number of aryl methyl sites for hydroxylation is 1. The van der Waals surface area contributed by atoms with E-state index in [9.17, 15) is 9.59 Å². The van der Waals surface area contributed by atoms with Gasteiger partial charge in [-0.25, -0.2) is 4.68 Å². The zero-order valence-electron chi connectivity index (χ0n) is 19.1. The fourth-order valence-corrected chi connectivity index (χ4v) is 5.27. The average Bonchev–Trinajstić information content (AvgIpc) is 3.36. The van der Waals surface area contributed by atoms with Gasteiger partial charge in [-0.15, -0.1) is 11.3 Å². The summed E-state index contributed by atoms with van der Waals surface area (Å²) in [6.45, 7) is 9.46. The molecule has 1 aliphatic rings. The smallest absolute Gasteiger partial charge is 0.325 e. The molecular formula is C24H30N4O3S. The molecule has 1 amide bonds. The van der Waals surface area contributed by atoms with Gasteiger partial charge in [0, 0.05) is 24.5 Å². The number of likely N-dealkylation sites (tertiary alicyclic amines) is 1. The highest BCUT2D eigenvalue weighted by Gasteiger charge is 2.38. The van der Waals surface area contributed by atoms with Crippen molar-refractivity contribution in [1.29, 1.82) is 0 Å². The largest absolute Gasteiger partial charge is 0.465 e. The number of nitrogens with one attached hydrogen (secondary N) is 1. The molecule has 3 heterocycles. The van der Waals surface area contributed by atoms with Crippen LogP contribution in [0.25, 0.3) is 15.9 Å². The lowest BCUT2D eigenvalue weighted by atomic mass is 9.96. The van der Waals surface area contributed by atoms with Crippen LogP contribution in [0.5, 0.6) is 0 Å². The van der Waals surface area contributed by atoms with Gasteiger partial charge in [0.05, 0.1) is 22.9 Å². The van der Waals surface area contributed by atoms with Gasteiger partial charge >= 0.3 is 5.97 Å². The number of amides is 1. The number of para-hydroxylation sites is 1. The van der Waals surface area contributed by atoms with Gasteiger partial charge in [-0.2, -0.15) is 5.10 Å². The number of piperidine rings is 1. The minimum atomic E-state index is -0.655. The third kappa shape index (κ3) is 4.29. The van der Waals surface area contributed by atoms with Crippen LogP contribution in [-0.4, -0.2) is 57.8 Å². The Morgan fingerprint density at radius 2 is 1.91 bits per heavy atom. The lowest BCUT2D eigenvalue weighted by molar-refractivity contribution is -0.156. The number of fused-ring (bicyclic) bond motifs is 1. The maximum absolute atomic E-state index is 13.0. The van der Waals surface area contributed by atoms with Crippen molar-refractivity contribution in [3.8, 4) is 5.69 Å². The van der Waals surface area contributed by atoms with Crippen molar-refractivity contribution < 1.29 is 14.3 Å². The Bertz CT molecular complexity index is 1110. The minimum absolute atomic E-state index is 0.0479. The van der Waals surface area contributed by atoms with Crippen molar-refractivity contribution in [3.63, 3.8) is 0 Å². The maximum atomic E-state index is 13.0. The summed E-state index contributed by atoms with van der Waals surface area (Å²) in [6.07, 6.45) is 1.60. The van der Waals surface area contributed by atoms with Gasteiger partial charge in [0.15, 0.2) is 0 Å². The summed E-state index contributed by atoms with van der Waals surface area (Å²) in [4.78, 5) is 29.1. The number of benzene rings is 1. The molecule has 1 N–H and O–H groups in total. The quantitative estimate of drug-likeness (QED) is 0.571. The molecule has 0 bridgehead atoms. The fourth-order valence-electron chi connectivity index (χ4n) is 4.18. The zero-order valence-corrected chi connectivity index (χ0v) is 19.9. The molecule has 32 heavy (non-hydrogen) atoms. The first-order valence-electron chi connectivity index (χ1n) is 11.1. The lowest BCUT2D eigenvalue weighted by Gasteiger charge is -2.41. The summed E-state index contributed by atoms with van der Waals surface area (Å²) < 4.78 is 7.13.